The Morgan fingerprint density at radius 1 is 1.04 bits per heavy atom. The Kier molecular flexibility index (Phi) is 4.95. The summed E-state index contributed by atoms with van der Waals surface area (Å²) in [5, 5.41) is 30.6. The molecule has 132 valence electrons. The molecule has 25 heavy (non-hydrogen) atoms. The highest BCUT2D eigenvalue weighted by Crippen LogP contribution is 2.28. The first-order chi connectivity index (χ1) is 11.6. The van der Waals surface area contributed by atoms with E-state index in [1.54, 1.807) is 0 Å². The standard InChI is InChI=1S/C15H13NO8S/c17-12-7-11(13(18)4-8(12)5-14(19)20)15(21)16-9-2-1-3-10(6-9)25(22,23)24/h1-4,6-7,17-18H,5H2,(H,16,21)(H,19,20)(H,22,23,24). The Morgan fingerprint density at radius 2 is 1.72 bits per heavy atom. The zero-order chi connectivity index (χ0) is 18.8. The van der Waals surface area contributed by atoms with Crippen molar-refractivity contribution >= 4 is 27.7 Å². The third kappa shape index (κ3) is 4.46. The third-order valence-corrected chi connectivity index (χ3v) is 4.02. The maximum Gasteiger partial charge on any atom is 0.307 e. The first kappa shape index (κ1) is 18.2. The smallest absolute Gasteiger partial charge is 0.307 e. The molecule has 2 rings (SSSR count). The molecule has 0 aromatic heterocycles. The van der Waals surface area contributed by atoms with Gasteiger partial charge in [-0.25, -0.2) is 0 Å². The number of benzene rings is 2. The van der Waals surface area contributed by atoms with Crippen LogP contribution in [0.4, 0.5) is 5.69 Å². The minimum atomic E-state index is -4.45. The molecule has 1 amide bonds. The molecule has 2 aromatic rings. The number of phenolic OH excluding ortho intramolecular Hbond substituents is 2. The van der Waals surface area contributed by atoms with E-state index in [2.05, 4.69) is 5.32 Å². The van der Waals surface area contributed by atoms with E-state index in [-0.39, 0.29) is 16.8 Å². The van der Waals surface area contributed by atoms with Crippen molar-refractivity contribution < 1.29 is 37.9 Å². The lowest BCUT2D eigenvalue weighted by Gasteiger charge is -2.10. The van der Waals surface area contributed by atoms with Gasteiger partial charge in [-0.05, 0) is 30.3 Å². The Balaban J connectivity index is 2.30. The fourth-order valence-electron chi connectivity index (χ4n) is 2.04. The summed E-state index contributed by atoms with van der Waals surface area (Å²) in [5.74, 6) is -3.15. The van der Waals surface area contributed by atoms with Crippen molar-refractivity contribution in [2.24, 2.45) is 0 Å². The highest BCUT2D eigenvalue weighted by Gasteiger charge is 2.18. The summed E-state index contributed by atoms with van der Waals surface area (Å²) in [6.07, 6.45) is -0.544. The number of rotatable bonds is 5. The summed E-state index contributed by atoms with van der Waals surface area (Å²) in [5.41, 5.74) is -0.396. The van der Waals surface area contributed by atoms with Crippen LogP contribution in [0, 0.1) is 0 Å². The molecule has 0 heterocycles. The van der Waals surface area contributed by atoms with Gasteiger partial charge in [0.1, 0.15) is 11.5 Å². The molecule has 0 saturated carbocycles. The number of aromatic hydroxyl groups is 2. The first-order valence-corrected chi connectivity index (χ1v) is 8.17. The van der Waals surface area contributed by atoms with Crippen LogP contribution in [-0.2, 0) is 21.3 Å². The van der Waals surface area contributed by atoms with Crippen LogP contribution in [0.15, 0.2) is 41.3 Å². The van der Waals surface area contributed by atoms with Crippen molar-refractivity contribution in [2.75, 3.05) is 5.32 Å². The molecule has 0 aliphatic heterocycles. The quantitative estimate of drug-likeness (QED) is 0.389. The van der Waals surface area contributed by atoms with Crippen LogP contribution in [0.3, 0.4) is 0 Å². The number of carbonyl (C=O) groups is 2. The van der Waals surface area contributed by atoms with Gasteiger partial charge < -0.3 is 20.6 Å². The molecule has 0 saturated heterocycles. The number of nitrogens with one attached hydrogen (secondary N) is 1. The summed E-state index contributed by atoms with van der Waals surface area (Å²) < 4.78 is 31.2. The topological polar surface area (TPSA) is 161 Å². The highest BCUT2D eigenvalue weighted by molar-refractivity contribution is 7.85. The van der Waals surface area contributed by atoms with Gasteiger partial charge in [0.25, 0.3) is 16.0 Å². The van der Waals surface area contributed by atoms with Gasteiger partial charge in [-0.1, -0.05) is 6.07 Å². The lowest BCUT2D eigenvalue weighted by Crippen LogP contribution is -2.13. The molecule has 10 heteroatoms. The number of carbonyl (C=O) groups excluding carboxylic acids is 1. The summed E-state index contributed by atoms with van der Waals surface area (Å²) in [6, 6.07) is 6.61. The number of hydrogen-bond donors (Lipinski definition) is 5. The van der Waals surface area contributed by atoms with Crippen molar-refractivity contribution in [1.82, 2.24) is 0 Å². The SMILES string of the molecule is O=C(O)Cc1cc(O)c(C(=O)Nc2cccc(S(=O)(=O)O)c2)cc1O. The summed E-state index contributed by atoms with van der Waals surface area (Å²) in [4.78, 5) is 22.4. The number of carboxylic acids is 1. The van der Waals surface area contributed by atoms with E-state index in [0.717, 1.165) is 24.3 Å². The number of carboxylic acid groups (broad SMARTS) is 1. The maximum atomic E-state index is 12.2. The summed E-state index contributed by atoms with van der Waals surface area (Å²) in [7, 11) is -4.45. The normalized spacial score (nSPS) is 11.1. The van der Waals surface area contributed by atoms with Crippen LogP contribution in [0.1, 0.15) is 15.9 Å². The predicted molar refractivity (Wildman–Crippen MR) is 85.3 cm³/mol. The van der Waals surface area contributed by atoms with Crippen LogP contribution in [0.5, 0.6) is 11.5 Å². The third-order valence-electron chi connectivity index (χ3n) is 3.17. The van der Waals surface area contributed by atoms with Crippen molar-refractivity contribution in [3.05, 3.63) is 47.5 Å². The molecule has 0 unspecified atom stereocenters. The Bertz CT molecular complexity index is 952. The molecule has 0 radical (unpaired) electrons. The first-order valence-electron chi connectivity index (χ1n) is 6.73. The maximum absolute atomic E-state index is 12.2. The van der Waals surface area contributed by atoms with Crippen molar-refractivity contribution in [3.8, 4) is 11.5 Å². The zero-order valence-corrected chi connectivity index (χ0v) is 13.3. The fourth-order valence-corrected chi connectivity index (χ4v) is 2.57. The second-order valence-electron chi connectivity index (χ2n) is 5.03. The van der Waals surface area contributed by atoms with Gasteiger partial charge in [0.2, 0.25) is 0 Å². The number of aliphatic carboxylic acids is 1. The number of phenols is 2. The van der Waals surface area contributed by atoms with Crippen molar-refractivity contribution in [1.29, 1.82) is 0 Å². The molecule has 9 nitrogen and oxygen atoms in total. The highest BCUT2D eigenvalue weighted by atomic mass is 32.2. The van der Waals surface area contributed by atoms with Gasteiger partial charge in [0, 0.05) is 11.3 Å². The lowest BCUT2D eigenvalue weighted by molar-refractivity contribution is -0.136. The lowest BCUT2D eigenvalue weighted by atomic mass is 10.1. The molecule has 0 atom stereocenters. The number of hydrogen-bond acceptors (Lipinski definition) is 6. The van der Waals surface area contributed by atoms with Crippen molar-refractivity contribution in [2.45, 2.75) is 11.3 Å². The van der Waals surface area contributed by atoms with Gasteiger partial charge >= 0.3 is 5.97 Å². The minimum Gasteiger partial charge on any atom is -0.508 e. The van der Waals surface area contributed by atoms with Crippen LogP contribution in [0.25, 0.3) is 0 Å². The van der Waals surface area contributed by atoms with Crippen LogP contribution in [-0.4, -0.2) is 40.2 Å². The molecular weight excluding hydrogens is 354 g/mol. The molecule has 0 aliphatic carbocycles. The molecule has 0 fully saturated rings. The molecule has 0 bridgehead atoms. The van der Waals surface area contributed by atoms with Crippen molar-refractivity contribution in [3.63, 3.8) is 0 Å². The number of anilines is 1. The Labute approximate surface area is 141 Å². The molecule has 2 aromatic carbocycles. The van der Waals surface area contributed by atoms with Gasteiger partial charge in [-0.2, -0.15) is 8.42 Å². The van der Waals surface area contributed by atoms with Crippen LogP contribution >= 0.6 is 0 Å². The van der Waals surface area contributed by atoms with Gasteiger partial charge in [-0.15, -0.1) is 0 Å². The molecular formula is C15H13NO8S. The van der Waals surface area contributed by atoms with E-state index < -0.39 is 44.8 Å². The average molecular weight is 367 g/mol. The van der Waals surface area contributed by atoms with Gasteiger partial charge in [-0.3, -0.25) is 14.1 Å². The largest absolute Gasteiger partial charge is 0.508 e. The Hall–Kier alpha value is -3.11. The van der Waals surface area contributed by atoms with Crippen LogP contribution < -0.4 is 5.32 Å². The Morgan fingerprint density at radius 3 is 2.32 bits per heavy atom. The average Bonchev–Trinajstić information content (AvgIpc) is 2.49. The molecule has 0 spiro atoms. The van der Waals surface area contributed by atoms with E-state index in [1.165, 1.54) is 12.1 Å². The van der Waals surface area contributed by atoms with E-state index in [0.29, 0.717) is 0 Å². The van der Waals surface area contributed by atoms with Crippen LogP contribution in [0.2, 0.25) is 0 Å². The second-order valence-corrected chi connectivity index (χ2v) is 6.45. The zero-order valence-electron chi connectivity index (χ0n) is 12.5. The van der Waals surface area contributed by atoms with E-state index in [4.69, 9.17) is 9.66 Å². The molecule has 5 N–H and O–H groups in total. The summed E-state index contributed by atoms with van der Waals surface area (Å²) >= 11 is 0. The predicted octanol–water partition coefficient (Wildman–Crippen LogP) is 1.22. The fraction of sp³-hybridized carbons (Fsp3) is 0.0667. The monoisotopic (exact) mass is 367 g/mol. The van der Waals surface area contributed by atoms with Gasteiger partial charge in [0.15, 0.2) is 0 Å². The summed E-state index contributed by atoms with van der Waals surface area (Å²) in [6.45, 7) is 0. The van der Waals surface area contributed by atoms with Gasteiger partial charge in [0.05, 0.1) is 16.9 Å². The molecule has 0 aliphatic rings. The minimum absolute atomic E-state index is 0.0219. The second kappa shape index (κ2) is 6.79. The van der Waals surface area contributed by atoms with E-state index in [1.807, 2.05) is 0 Å². The number of amides is 1. The van der Waals surface area contributed by atoms with E-state index in [9.17, 15) is 28.2 Å². The van der Waals surface area contributed by atoms with E-state index >= 15 is 0 Å².